The second kappa shape index (κ2) is 5.64. The quantitative estimate of drug-likeness (QED) is 0.739. The molecule has 0 bridgehead atoms. The molecule has 102 valence electrons. The van der Waals surface area contributed by atoms with Crippen molar-refractivity contribution in [2.24, 2.45) is 7.05 Å². The fourth-order valence-electron chi connectivity index (χ4n) is 1.95. The van der Waals surface area contributed by atoms with Crippen molar-refractivity contribution in [1.29, 1.82) is 0 Å². The molecule has 2 rings (SSSR count). The van der Waals surface area contributed by atoms with Crippen LogP contribution < -0.4 is 0 Å². The van der Waals surface area contributed by atoms with Crippen molar-refractivity contribution in [2.75, 3.05) is 7.11 Å². The smallest absolute Gasteiger partial charge is 0.360 e. The highest BCUT2D eigenvalue weighted by atomic mass is 16.5. The summed E-state index contributed by atoms with van der Waals surface area (Å²) in [5, 5.41) is 12.0. The van der Waals surface area contributed by atoms with Crippen LogP contribution in [0.4, 0.5) is 0 Å². The minimum Gasteiger partial charge on any atom is -0.464 e. The van der Waals surface area contributed by atoms with E-state index in [1.54, 1.807) is 9.36 Å². The van der Waals surface area contributed by atoms with Crippen molar-refractivity contribution >= 4 is 5.97 Å². The lowest BCUT2D eigenvalue weighted by Crippen LogP contribution is -2.10. The van der Waals surface area contributed by atoms with E-state index in [4.69, 9.17) is 4.74 Å². The number of hydrogen-bond donors (Lipinski definition) is 0. The SMILES string of the molecule is CCc1c(C(=O)OC)nnn1CCc1cnn(C)c1. The number of methoxy groups -OCH3 is 1. The Kier molecular flexibility index (Phi) is 3.94. The molecule has 7 nitrogen and oxygen atoms in total. The Morgan fingerprint density at radius 2 is 2.26 bits per heavy atom. The second-order valence-electron chi connectivity index (χ2n) is 4.23. The monoisotopic (exact) mass is 263 g/mol. The van der Waals surface area contributed by atoms with Gasteiger partial charge in [-0.1, -0.05) is 12.1 Å². The van der Waals surface area contributed by atoms with E-state index < -0.39 is 5.97 Å². The average molecular weight is 263 g/mol. The predicted molar refractivity (Wildman–Crippen MR) is 67.7 cm³/mol. The molecule has 0 aliphatic rings. The number of aromatic nitrogens is 5. The van der Waals surface area contributed by atoms with Crippen molar-refractivity contribution in [3.63, 3.8) is 0 Å². The van der Waals surface area contributed by atoms with Gasteiger partial charge in [0, 0.05) is 19.8 Å². The fourth-order valence-corrected chi connectivity index (χ4v) is 1.95. The van der Waals surface area contributed by atoms with E-state index in [9.17, 15) is 4.79 Å². The lowest BCUT2D eigenvalue weighted by atomic mass is 10.2. The number of aryl methyl sites for hydroxylation is 3. The zero-order valence-electron chi connectivity index (χ0n) is 11.3. The first-order chi connectivity index (χ1) is 9.15. The van der Waals surface area contributed by atoms with Gasteiger partial charge >= 0.3 is 5.97 Å². The maximum atomic E-state index is 11.5. The normalized spacial score (nSPS) is 10.7. The maximum absolute atomic E-state index is 11.5. The molecule has 2 aromatic heterocycles. The summed E-state index contributed by atoms with van der Waals surface area (Å²) in [6, 6.07) is 0. The van der Waals surface area contributed by atoms with Crippen LogP contribution in [0.1, 0.15) is 28.7 Å². The third-order valence-corrected chi connectivity index (χ3v) is 2.92. The Morgan fingerprint density at radius 1 is 1.47 bits per heavy atom. The largest absolute Gasteiger partial charge is 0.464 e. The van der Waals surface area contributed by atoms with Gasteiger partial charge in [-0.3, -0.25) is 4.68 Å². The number of rotatable bonds is 5. The zero-order chi connectivity index (χ0) is 13.8. The Labute approximate surface area is 111 Å². The van der Waals surface area contributed by atoms with E-state index in [1.165, 1.54) is 7.11 Å². The topological polar surface area (TPSA) is 74.8 Å². The van der Waals surface area contributed by atoms with E-state index in [0.717, 1.165) is 17.7 Å². The first kappa shape index (κ1) is 13.3. The molecule has 0 spiro atoms. The van der Waals surface area contributed by atoms with Crippen LogP contribution in [-0.4, -0.2) is 37.9 Å². The zero-order valence-corrected chi connectivity index (χ0v) is 11.3. The molecule has 0 saturated carbocycles. The van der Waals surface area contributed by atoms with Crippen molar-refractivity contribution in [1.82, 2.24) is 24.8 Å². The predicted octanol–water partition coefficient (Wildman–Crippen LogP) is 0.603. The average Bonchev–Trinajstić information content (AvgIpc) is 3.01. The molecule has 0 fully saturated rings. The van der Waals surface area contributed by atoms with Crippen LogP contribution in [0.15, 0.2) is 12.4 Å². The summed E-state index contributed by atoms with van der Waals surface area (Å²) in [5.74, 6) is -0.440. The van der Waals surface area contributed by atoms with E-state index >= 15 is 0 Å². The molecule has 0 N–H and O–H groups in total. The highest BCUT2D eigenvalue weighted by molar-refractivity contribution is 5.88. The van der Waals surface area contributed by atoms with Crippen LogP contribution in [0.5, 0.6) is 0 Å². The standard InChI is InChI=1S/C12H17N5O2/c1-4-10-11(12(18)19-3)14-15-17(10)6-5-9-7-13-16(2)8-9/h7-8H,4-6H2,1-3H3. The molecule has 7 heteroatoms. The number of carbonyl (C=O) groups excluding carboxylic acids is 1. The van der Waals surface area contributed by atoms with Crippen molar-refractivity contribution in [3.05, 3.63) is 29.3 Å². The highest BCUT2D eigenvalue weighted by Gasteiger charge is 2.18. The summed E-state index contributed by atoms with van der Waals surface area (Å²) in [7, 11) is 3.22. The fraction of sp³-hybridized carbons (Fsp3) is 0.500. The van der Waals surface area contributed by atoms with Crippen LogP contribution in [0.3, 0.4) is 0 Å². The first-order valence-corrected chi connectivity index (χ1v) is 6.14. The van der Waals surface area contributed by atoms with Gasteiger partial charge in [-0.25, -0.2) is 9.48 Å². The summed E-state index contributed by atoms with van der Waals surface area (Å²) >= 11 is 0. The molecule has 0 aliphatic heterocycles. The lowest BCUT2D eigenvalue weighted by molar-refractivity contribution is 0.0592. The van der Waals surface area contributed by atoms with Crippen molar-refractivity contribution < 1.29 is 9.53 Å². The Balaban J connectivity index is 2.12. The van der Waals surface area contributed by atoms with Crippen LogP contribution in [-0.2, 0) is 31.2 Å². The molecule has 19 heavy (non-hydrogen) atoms. The van der Waals surface area contributed by atoms with Gasteiger partial charge in [-0.15, -0.1) is 5.10 Å². The van der Waals surface area contributed by atoms with E-state index in [1.807, 2.05) is 26.4 Å². The van der Waals surface area contributed by atoms with Gasteiger partial charge in [-0.2, -0.15) is 5.10 Å². The van der Waals surface area contributed by atoms with Crippen LogP contribution in [0.2, 0.25) is 0 Å². The first-order valence-electron chi connectivity index (χ1n) is 6.14. The van der Waals surface area contributed by atoms with E-state index in [0.29, 0.717) is 18.7 Å². The third kappa shape index (κ3) is 2.81. The maximum Gasteiger partial charge on any atom is 0.360 e. The van der Waals surface area contributed by atoms with Gasteiger partial charge in [0.1, 0.15) is 0 Å². The molecule has 0 amide bonds. The summed E-state index contributed by atoms with van der Waals surface area (Å²) in [6.45, 7) is 2.63. The molecule has 0 unspecified atom stereocenters. The molecule has 2 heterocycles. The number of nitrogens with zero attached hydrogens (tertiary/aromatic N) is 5. The molecule has 0 saturated heterocycles. The minimum atomic E-state index is -0.440. The van der Waals surface area contributed by atoms with Gasteiger partial charge in [0.25, 0.3) is 0 Å². The summed E-state index contributed by atoms with van der Waals surface area (Å²) in [6.07, 6.45) is 5.27. The second-order valence-corrected chi connectivity index (χ2v) is 4.23. The van der Waals surface area contributed by atoms with Gasteiger partial charge < -0.3 is 4.74 Å². The summed E-state index contributed by atoms with van der Waals surface area (Å²) in [4.78, 5) is 11.5. The molecule has 0 aromatic carbocycles. The minimum absolute atomic E-state index is 0.302. The van der Waals surface area contributed by atoms with Gasteiger partial charge in [0.15, 0.2) is 5.69 Å². The molecule has 2 aromatic rings. The van der Waals surface area contributed by atoms with Gasteiger partial charge in [-0.05, 0) is 18.4 Å². The number of carbonyl (C=O) groups is 1. The molecular weight excluding hydrogens is 246 g/mol. The van der Waals surface area contributed by atoms with Crippen LogP contribution in [0.25, 0.3) is 0 Å². The van der Waals surface area contributed by atoms with Gasteiger partial charge in [0.05, 0.1) is 19.0 Å². The van der Waals surface area contributed by atoms with E-state index in [2.05, 4.69) is 15.4 Å². The molecule has 0 aliphatic carbocycles. The Bertz CT molecular complexity index is 572. The highest BCUT2D eigenvalue weighted by Crippen LogP contribution is 2.09. The molecule has 0 atom stereocenters. The number of esters is 1. The molecular formula is C12H17N5O2. The van der Waals surface area contributed by atoms with E-state index in [-0.39, 0.29) is 0 Å². The lowest BCUT2D eigenvalue weighted by Gasteiger charge is -2.04. The number of ether oxygens (including phenoxy) is 1. The summed E-state index contributed by atoms with van der Waals surface area (Å²) < 4.78 is 8.20. The van der Waals surface area contributed by atoms with Crippen LogP contribution >= 0.6 is 0 Å². The van der Waals surface area contributed by atoms with Gasteiger partial charge in [0.2, 0.25) is 0 Å². The summed E-state index contributed by atoms with van der Waals surface area (Å²) in [5.41, 5.74) is 2.23. The van der Waals surface area contributed by atoms with Crippen LogP contribution in [0, 0.1) is 0 Å². The third-order valence-electron chi connectivity index (χ3n) is 2.92. The Hall–Kier alpha value is -2.18. The Morgan fingerprint density at radius 3 is 2.84 bits per heavy atom. The number of hydrogen-bond acceptors (Lipinski definition) is 5. The van der Waals surface area contributed by atoms with Crippen molar-refractivity contribution in [2.45, 2.75) is 26.3 Å². The molecule has 0 radical (unpaired) electrons. The van der Waals surface area contributed by atoms with Crippen molar-refractivity contribution in [3.8, 4) is 0 Å².